The Morgan fingerprint density at radius 2 is 1.92 bits per heavy atom. The quantitative estimate of drug-likeness (QED) is 0.616. The summed E-state index contributed by atoms with van der Waals surface area (Å²) in [4.78, 5) is 1.85. The monoisotopic (exact) mass is 365 g/mol. The largest absolute Gasteiger partial charge is 0.394 e. The zero-order valence-electron chi connectivity index (χ0n) is 13.9. The van der Waals surface area contributed by atoms with Gasteiger partial charge in [0.1, 0.15) is 6.07 Å². The molecule has 0 aliphatic carbocycles. The smallest absolute Gasteiger partial charge is 0.250 e. The molecule has 1 atom stereocenters. The molecule has 1 heterocycles. The molecule has 1 saturated heterocycles. The number of nitriles is 1. The summed E-state index contributed by atoms with van der Waals surface area (Å²) in [5.74, 6) is 0. The van der Waals surface area contributed by atoms with E-state index in [1.165, 1.54) is 25.3 Å². The van der Waals surface area contributed by atoms with Gasteiger partial charge in [-0.05, 0) is 43.0 Å². The van der Waals surface area contributed by atoms with Crippen LogP contribution in [-0.2, 0) is 10.0 Å². The zero-order valence-corrected chi connectivity index (χ0v) is 14.7. The van der Waals surface area contributed by atoms with Gasteiger partial charge in [-0.3, -0.25) is 0 Å². The third-order valence-corrected chi connectivity index (χ3v) is 5.37. The lowest BCUT2D eigenvalue weighted by Crippen LogP contribution is -2.34. The number of allylic oxidation sites excluding steroid dienone is 1. The van der Waals surface area contributed by atoms with Crippen LogP contribution in [0.4, 0.5) is 5.69 Å². The van der Waals surface area contributed by atoms with Crippen molar-refractivity contribution in [2.75, 3.05) is 31.1 Å². The Morgan fingerprint density at radius 3 is 2.48 bits per heavy atom. The van der Waals surface area contributed by atoms with Gasteiger partial charge in [0.05, 0.1) is 12.7 Å². The normalized spacial score (nSPS) is 17.2. The van der Waals surface area contributed by atoms with Gasteiger partial charge in [-0.2, -0.15) is 5.26 Å². The lowest BCUT2D eigenvalue weighted by Gasteiger charge is -2.28. The van der Waals surface area contributed by atoms with E-state index in [-0.39, 0.29) is 6.54 Å². The maximum absolute atomic E-state index is 12.1. The van der Waals surface area contributed by atoms with E-state index in [0.717, 1.165) is 18.8 Å². The summed E-state index contributed by atoms with van der Waals surface area (Å²) < 4.78 is 26.3. The van der Waals surface area contributed by atoms with E-state index in [1.54, 1.807) is 18.2 Å². The molecule has 7 nitrogen and oxygen atoms in total. The summed E-state index contributed by atoms with van der Waals surface area (Å²) >= 11 is 0. The first-order chi connectivity index (χ1) is 12.0. The lowest BCUT2D eigenvalue weighted by atomic mass is 10.1. The van der Waals surface area contributed by atoms with E-state index < -0.39 is 27.6 Å². The van der Waals surface area contributed by atoms with Crippen molar-refractivity contribution in [3.8, 4) is 6.07 Å². The highest BCUT2D eigenvalue weighted by Gasteiger charge is 2.19. The number of aliphatic hydroxyl groups excluding tert-OH is 2. The van der Waals surface area contributed by atoms with Gasteiger partial charge < -0.3 is 15.1 Å². The number of anilines is 1. The maximum Gasteiger partial charge on any atom is 0.250 e. The molecule has 0 radical (unpaired) electrons. The molecule has 1 aromatic carbocycles. The Balaban J connectivity index is 2.12. The Labute approximate surface area is 148 Å². The molecule has 0 bridgehead atoms. The zero-order chi connectivity index (χ0) is 18.3. The molecular formula is C17H23N3O4S. The summed E-state index contributed by atoms with van der Waals surface area (Å²) in [6.45, 7) is 1.12. The molecule has 1 fully saturated rings. The van der Waals surface area contributed by atoms with Crippen molar-refractivity contribution < 1.29 is 18.6 Å². The average molecular weight is 365 g/mol. The first-order valence-electron chi connectivity index (χ1n) is 8.21. The van der Waals surface area contributed by atoms with Crippen LogP contribution in [0.2, 0.25) is 0 Å². The van der Waals surface area contributed by atoms with Crippen molar-refractivity contribution in [1.29, 1.82) is 5.26 Å². The van der Waals surface area contributed by atoms with Crippen LogP contribution in [0, 0.1) is 11.3 Å². The summed E-state index contributed by atoms with van der Waals surface area (Å²) in [6, 6.07) is 9.06. The number of nitrogens with zero attached hydrogens (tertiary/aromatic N) is 2. The fraction of sp³-hybridized carbons (Fsp3) is 0.471. The van der Waals surface area contributed by atoms with Crippen LogP contribution in [0.15, 0.2) is 29.2 Å². The molecule has 3 N–H and O–H groups in total. The van der Waals surface area contributed by atoms with Crippen molar-refractivity contribution in [1.82, 2.24) is 4.72 Å². The van der Waals surface area contributed by atoms with Gasteiger partial charge in [0.2, 0.25) is 0 Å². The second-order valence-electron chi connectivity index (χ2n) is 5.95. The minimum Gasteiger partial charge on any atom is -0.394 e. The van der Waals surface area contributed by atoms with Gasteiger partial charge in [0.25, 0.3) is 10.0 Å². The Bertz CT molecular complexity index is 732. The number of aliphatic hydroxyl groups is 2. The van der Waals surface area contributed by atoms with Gasteiger partial charge in [-0.1, -0.05) is 12.1 Å². The Hall–Kier alpha value is -1.92. The van der Waals surface area contributed by atoms with Gasteiger partial charge in [0.15, 0.2) is 4.91 Å². The minimum absolute atomic E-state index is 0.355. The first-order valence-corrected chi connectivity index (χ1v) is 9.70. The van der Waals surface area contributed by atoms with Crippen LogP contribution in [0.3, 0.4) is 0 Å². The maximum atomic E-state index is 12.1. The molecule has 25 heavy (non-hydrogen) atoms. The molecule has 8 heteroatoms. The molecule has 0 aromatic heterocycles. The summed E-state index contributed by atoms with van der Waals surface area (Å²) in [5.41, 5.74) is 1.69. The van der Waals surface area contributed by atoms with Crippen molar-refractivity contribution in [2.24, 2.45) is 0 Å². The third kappa shape index (κ3) is 5.54. The topological polar surface area (TPSA) is 114 Å². The molecule has 0 spiro atoms. The number of nitrogens with one attached hydrogen (secondary N) is 1. The van der Waals surface area contributed by atoms with E-state index in [9.17, 15) is 13.5 Å². The highest BCUT2D eigenvalue weighted by Crippen LogP contribution is 2.21. The van der Waals surface area contributed by atoms with Crippen LogP contribution >= 0.6 is 0 Å². The molecule has 1 aliphatic rings. The van der Waals surface area contributed by atoms with Crippen molar-refractivity contribution >= 4 is 21.8 Å². The highest BCUT2D eigenvalue weighted by molar-refractivity contribution is 7.93. The van der Waals surface area contributed by atoms with Crippen molar-refractivity contribution in [2.45, 2.75) is 25.4 Å². The molecule has 0 amide bonds. The van der Waals surface area contributed by atoms with E-state index in [2.05, 4.69) is 9.62 Å². The predicted octanol–water partition coefficient (Wildman–Crippen LogP) is 0.814. The molecule has 1 aromatic rings. The fourth-order valence-electron chi connectivity index (χ4n) is 2.60. The second kappa shape index (κ2) is 8.97. The Morgan fingerprint density at radius 1 is 1.28 bits per heavy atom. The number of benzene rings is 1. The summed E-state index contributed by atoms with van der Waals surface area (Å²) in [5, 5.41) is 27.1. The van der Waals surface area contributed by atoms with Crippen LogP contribution in [0.5, 0.6) is 0 Å². The summed E-state index contributed by atoms with van der Waals surface area (Å²) in [6.07, 6.45) is 3.67. The molecule has 2 rings (SSSR count). The van der Waals surface area contributed by atoms with Crippen molar-refractivity contribution in [3.63, 3.8) is 0 Å². The number of rotatable bonds is 7. The van der Waals surface area contributed by atoms with Gasteiger partial charge >= 0.3 is 0 Å². The second-order valence-corrected chi connectivity index (χ2v) is 7.68. The van der Waals surface area contributed by atoms with Crippen molar-refractivity contribution in [3.05, 3.63) is 34.7 Å². The first kappa shape index (κ1) is 19.4. The van der Waals surface area contributed by atoms with Crippen LogP contribution in [-0.4, -0.2) is 51.0 Å². The SMILES string of the molecule is N#CC(=Cc1ccc(N2CCCCC2)cc1)S(=O)(=O)NCC(O)CO. The highest BCUT2D eigenvalue weighted by atomic mass is 32.2. The molecular weight excluding hydrogens is 342 g/mol. The van der Waals surface area contributed by atoms with E-state index >= 15 is 0 Å². The van der Waals surface area contributed by atoms with E-state index in [4.69, 9.17) is 10.4 Å². The lowest BCUT2D eigenvalue weighted by molar-refractivity contribution is 0.0989. The number of sulfonamides is 1. The van der Waals surface area contributed by atoms with Gasteiger partial charge in [0, 0.05) is 25.3 Å². The van der Waals surface area contributed by atoms with E-state index in [0.29, 0.717) is 5.56 Å². The number of hydrogen-bond acceptors (Lipinski definition) is 6. The van der Waals surface area contributed by atoms with E-state index in [1.807, 2.05) is 12.1 Å². The number of hydrogen-bond donors (Lipinski definition) is 3. The summed E-state index contributed by atoms with van der Waals surface area (Å²) in [7, 11) is -4.04. The fourth-order valence-corrected chi connectivity index (χ4v) is 3.58. The standard InChI is InChI=1S/C17H23N3O4S/c18-11-17(25(23,24)19-12-16(22)13-21)10-14-4-6-15(7-5-14)20-8-2-1-3-9-20/h4-7,10,16,19,21-22H,1-3,8-9,12-13H2. The molecule has 1 aliphatic heterocycles. The number of piperidine rings is 1. The molecule has 1 unspecified atom stereocenters. The average Bonchev–Trinajstić information content (AvgIpc) is 2.65. The van der Waals surface area contributed by atoms with Crippen LogP contribution in [0.25, 0.3) is 6.08 Å². The van der Waals surface area contributed by atoms with Crippen LogP contribution < -0.4 is 9.62 Å². The van der Waals surface area contributed by atoms with Gasteiger partial charge in [-0.15, -0.1) is 0 Å². The third-order valence-electron chi connectivity index (χ3n) is 4.03. The Kier molecular flexibility index (Phi) is 6.96. The van der Waals surface area contributed by atoms with Gasteiger partial charge in [-0.25, -0.2) is 13.1 Å². The molecule has 0 saturated carbocycles. The molecule has 136 valence electrons. The minimum atomic E-state index is -4.04. The van der Waals surface area contributed by atoms with Crippen LogP contribution in [0.1, 0.15) is 24.8 Å². The predicted molar refractivity (Wildman–Crippen MR) is 96.1 cm³/mol.